The number of likely N-dealkylation sites (tertiary alicyclic amines) is 1. The molecule has 1 heterocycles. The Balaban J connectivity index is 1.82. The van der Waals surface area contributed by atoms with Gasteiger partial charge in [0.1, 0.15) is 5.82 Å². The van der Waals surface area contributed by atoms with Crippen molar-refractivity contribution in [3.8, 4) is 0 Å². The number of nitrogens with zero attached hydrogens (tertiary/aromatic N) is 1. The smallest absolute Gasteiger partial charge is 0.123 e. The van der Waals surface area contributed by atoms with Gasteiger partial charge in [0, 0.05) is 6.04 Å². The summed E-state index contributed by atoms with van der Waals surface area (Å²) < 4.78 is 13.2. The van der Waals surface area contributed by atoms with Crippen LogP contribution in [-0.4, -0.2) is 31.1 Å². The van der Waals surface area contributed by atoms with Crippen molar-refractivity contribution in [2.75, 3.05) is 20.1 Å². The first-order chi connectivity index (χ1) is 10.7. The highest BCUT2D eigenvalue weighted by Crippen LogP contribution is 2.24. The van der Waals surface area contributed by atoms with Crippen molar-refractivity contribution in [2.24, 2.45) is 0 Å². The predicted molar refractivity (Wildman–Crippen MR) is 88.3 cm³/mol. The van der Waals surface area contributed by atoms with Crippen LogP contribution >= 0.6 is 0 Å². The zero-order valence-electron chi connectivity index (χ0n) is 13.0. The summed E-state index contributed by atoms with van der Waals surface area (Å²) in [6, 6.07) is 17.9. The van der Waals surface area contributed by atoms with Crippen molar-refractivity contribution < 1.29 is 4.39 Å². The Labute approximate surface area is 132 Å². The van der Waals surface area contributed by atoms with Crippen LogP contribution in [0.1, 0.15) is 30.0 Å². The lowest BCUT2D eigenvalue weighted by Crippen LogP contribution is -2.42. The molecule has 2 aromatic rings. The van der Waals surface area contributed by atoms with E-state index in [1.54, 1.807) is 12.1 Å². The maximum Gasteiger partial charge on any atom is 0.123 e. The predicted octanol–water partition coefficient (Wildman–Crippen LogP) is 3.60. The second-order valence-corrected chi connectivity index (χ2v) is 6.14. The van der Waals surface area contributed by atoms with Gasteiger partial charge >= 0.3 is 0 Å². The molecule has 1 saturated heterocycles. The van der Waals surface area contributed by atoms with Crippen molar-refractivity contribution in [2.45, 2.75) is 24.9 Å². The molecule has 3 heteroatoms. The largest absolute Gasteiger partial charge is 0.306 e. The molecular weight excluding hydrogens is 275 g/mol. The average Bonchev–Trinajstić information content (AvgIpc) is 2.56. The molecule has 1 aliphatic rings. The first kappa shape index (κ1) is 15.2. The van der Waals surface area contributed by atoms with Gasteiger partial charge in [0.2, 0.25) is 0 Å². The molecule has 0 amide bonds. The Hall–Kier alpha value is -1.71. The van der Waals surface area contributed by atoms with Crippen molar-refractivity contribution in [1.82, 2.24) is 10.2 Å². The Kier molecular flexibility index (Phi) is 4.86. The maximum atomic E-state index is 13.2. The number of piperidine rings is 1. The number of halogens is 1. The summed E-state index contributed by atoms with van der Waals surface area (Å²) in [6.07, 6.45) is 2.31. The first-order valence-electron chi connectivity index (χ1n) is 7.97. The molecular formula is C19H23FN2. The van der Waals surface area contributed by atoms with E-state index in [9.17, 15) is 4.39 Å². The van der Waals surface area contributed by atoms with E-state index >= 15 is 0 Å². The van der Waals surface area contributed by atoms with Gasteiger partial charge in [-0.2, -0.15) is 0 Å². The molecule has 0 radical (unpaired) electrons. The fraction of sp³-hybridized carbons (Fsp3) is 0.368. The molecule has 1 fully saturated rings. The summed E-state index contributed by atoms with van der Waals surface area (Å²) in [4.78, 5) is 2.37. The number of hydrogen-bond donors (Lipinski definition) is 1. The summed E-state index contributed by atoms with van der Waals surface area (Å²) in [5, 5.41) is 3.78. The quantitative estimate of drug-likeness (QED) is 0.928. The fourth-order valence-corrected chi connectivity index (χ4v) is 3.10. The summed E-state index contributed by atoms with van der Waals surface area (Å²) in [5.74, 6) is -0.185. The van der Waals surface area contributed by atoms with Gasteiger partial charge in [-0.3, -0.25) is 0 Å². The van der Waals surface area contributed by atoms with Gasteiger partial charge in [0.05, 0.1) is 6.04 Å². The van der Waals surface area contributed by atoms with E-state index in [2.05, 4.69) is 41.5 Å². The van der Waals surface area contributed by atoms with Gasteiger partial charge in [0.25, 0.3) is 0 Å². The minimum absolute atomic E-state index is 0.121. The minimum Gasteiger partial charge on any atom is -0.306 e. The SMILES string of the molecule is CN1CCC(NC(c2ccccc2)c2ccc(F)cc2)CC1. The number of rotatable bonds is 4. The van der Waals surface area contributed by atoms with E-state index < -0.39 is 0 Å². The summed E-state index contributed by atoms with van der Waals surface area (Å²) in [7, 11) is 2.17. The zero-order chi connectivity index (χ0) is 15.4. The highest BCUT2D eigenvalue weighted by atomic mass is 19.1. The van der Waals surface area contributed by atoms with Gasteiger partial charge in [-0.25, -0.2) is 4.39 Å². The Morgan fingerprint density at radius 3 is 2.18 bits per heavy atom. The zero-order valence-corrected chi connectivity index (χ0v) is 13.0. The normalized spacial score (nSPS) is 18.3. The molecule has 2 aromatic carbocycles. The molecule has 0 aliphatic carbocycles. The van der Waals surface area contributed by atoms with E-state index in [4.69, 9.17) is 0 Å². The molecule has 1 aliphatic heterocycles. The van der Waals surface area contributed by atoms with E-state index in [0.29, 0.717) is 6.04 Å². The third-order valence-electron chi connectivity index (χ3n) is 4.46. The number of benzene rings is 2. The van der Waals surface area contributed by atoms with Crippen LogP contribution in [0.2, 0.25) is 0 Å². The lowest BCUT2D eigenvalue weighted by molar-refractivity contribution is 0.229. The first-order valence-corrected chi connectivity index (χ1v) is 7.97. The van der Waals surface area contributed by atoms with Gasteiger partial charge in [0.15, 0.2) is 0 Å². The van der Waals surface area contributed by atoms with Crippen LogP contribution in [0.15, 0.2) is 54.6 Å². The van der Waals surface area contributed by atoms with Crippen LogP contribution in [0, 0.1) is 5.82 Å². The standard InChI is InChI=1S/C19H23FN2/c1-22-13-11-18(12-14-22)21-19(15-5-3-2-4-6-15)16-7-9-17(20)10-8-16/h2-10,18-19,21H,11-14H2,1H3. The van der Waals surface area contributed by atoms with Crippen LogP contribution in [0.25, 0.3) is 0 Å². The lowest BCUT2D eigenvalue weighted by Gasteiger charge is -2.33. The highest BCUT2D eigenvalue weighted by Gasteiger charge is 2.22. The average molecular weight is 298 g/mol. The highest BCUT2D eigenvalue weighted by molar-refractivity contribution is 5.32. The molecule has 116 valence electrons. The molecule has 0 aromatic heterocycles. The molecule has 0 bridgehead atoms. The summed E-state index contributed by atoms with van der Waals surface area (Å²) in [5.41, 5.74) is 2.35. The molecule has 1 unspecified atom stereocenters. The van der Waals surface area contributed by atoms with Crippen LogP contribution in [0.3, 0.4) is 0 Å². The van der Waals surface area contributed by atoms with Gasteiger partial charge in [-0.1, -0.05) is 42.5 Å². The molecule has 1 atom stereocenters. The van der Waals surface area contributed by atoms with E-state index in [0.717, 1.165) is 31.5 Å². The second-order valence-electron chi connectivity index (χ2n) is 6.14. The lowest BCUT2D eigenvalue weighted by atomic mass is 9.95. The van der Waals surface area contributed by atoms with Crippen LogP contribution < -0.4 is 5.32 Å². The second kappa shape index (κ2) is 7.03. The van der Waals surface area contributed by atoms with Gasteiger partial charge in [-0.05, 0) is 56.2 Å². The van der Waals surface area contributed by atoms with Gasteiger partial charge in [-0.15, -0.1) is 0 Å². The van der Waals surface area contributed by atoms with Crippen molar-refractivity contribution in [3.63, 3.8) is 0 Å². The molecule has 3 rings (SSSR count). The summed E-state index contributed by atoms with van der Waals surface area (Å²) >= 11 is 0. The summed E-state index contributed by atoms with van der Waals surface area (Å²) in [6.45, 7) is 2.26. The number of hydrogen-bond acceptors (Lipinski definition) is 2. The number of nitrogens with one attached hydrogen (secondary N) is 1. The van der Waals surface area contributed by atoms with Crippen LogP contribution in [-0.2, 0) is 0 Å². The monoisotopic (exact) mass is 298 g/mol. The Morgan fingerprint density at radius 2 is 1.55 bits per heavy atom. The Morgan fingerprint density at radius 1 is 0.955 bits per heavy atom. The Bertz CT molecular complexity index is 574. The molecule has 22 heavy (non-hydrogen) atoms. The third-order valence-corrected chi connectivity index (χ3v) is 4.46. The van der Waals surface area contributed by atoms with E-state index in [1.165, 1.54) is 5.56 Å². The van der Waals surface area contributed by atoms with Crippen molar-refractivity contribution >= 4 is 0 Å². The van der Waals surface area contributed by atoms with E-state index in [-0.39, 0.29) is 11.9 Å². The van der Waals surface area contributed by atoms with Crippen molar-refractivity contribution in [3.05, 3.63) is 71.5 Å². The fourth-order valence-electron chi connectivity index (χ4n) is 3.10. The maximum absolute atomic E-state index is 13.2. The minimum atomic E-state index is -0.185. The van der Waals surface area contributed by atoms with Crippen LogP contribution in [0.4, 0.5) is 4.39 Å². The van der Waals surface area contributed by atoms with Crippen LogP contribution in [0.5, 0.6) is 0 Å². The van der Waals surface area contributed by atoms with E-state index in [1.807, 2.05) is 18.2 Å². The third kappa shape index (κ3) is 3.73. The van der Waals surface area contributed by atoms with Crippen molar-refractivity contribution in [1.29, 1.82) is 0 Å². The molecule has 0 spiro atoms. The molecule has 2 nitrogen and oxygen atoms in total. The molecule has 0 saturated carbocycles. The van der Waals surface area contributed by atoms with Gasteiger partial charge < -0.3 is 10.2 Å². The topological polar surface area (TPSA) is 15.3 Å². The molecule has 1 N–H and O–H groups in total.